The Labute approximate surface area is 470 Å². The first kappa shape index (κ1) is 62.5. The van der Waals surface area contributed by atoms with Crippen LogP contribution in [0.1, 0.15) is 214 Å². The third-order valence-electron chi connectivity index (χ3n) is 15.2. The maximum atomic E-state index is 14.1. The van der Waals surface area contributed by atoms with Gasteiger partial charge < -0.3 is 38.5 Å². The van der Waals surface area contributed by atoms with Gasteiger partial charge in [-0.3, -0.25) is 4.79 Å². The average molecular weight is 1070 g/mol. The summed E-state index contributed by atoms with van der Waals surface area (Å²) < 4.78 is 47.1. The van der Waals surface area contributed by atoms with Crippen LogP contribution in [0.15, 0.2) is 133 Å². The number of carbonyl (C=O) groups excluding carboxylic acids is 2. The number of amides is 1. The molecule has 2 fully saturated rings. The van der Waals surface area contributed by atoms with Gasteiger partial charge in [-0.2, -0.15) is 0 Å². The molecule has 78 heavy (non-hydrogen) atoms. The molecule has 10 heteroatoms. The van der Waals surface area contributed by atoms with Crippen molar-refractivity contribution in [1.29, 1.82) is 0 Å². The highest BCUT2D eigenvalue weighted by Gasteiger charge is 2.52. The van der Waals surface area contributed by atoms with Gasteiger partial charge in [0.1, 0.15) is 30.5 Å². The molecular weight excluding hydrogens is 975 g/mol. The molecule has 2 aliphatic heterocycles. The van der Waals surface area contributed by atoms with Crippen molar-refractivity contribution in [3.63, 3.8) is 0 Å². The monoisotopic (exact) mass is 1070 g/mol. The Morgan fingerprint density at radius 2 is 1.03 bits per heavy atom. The Morgan fingerprint density at radius 1 is 0.551 bits per heavy atom. The van der Waals surface area contributed by atoms with E-state index in [4.69, 9.17) is 33.2 Å². The number of unbranched alkanes of at least 4 members (excludes halogenated alkanes) is 23. The summed E-state index contributed by atoms with van der Waals surface area (Å²) in [5, 5.41) is 3.30. The Balaban J connectivity index is 1.18. The molecule has 2 heterocycles. The molecular formula is C68H97NO9. The van der Waals surface area contributed by atoms with Crippen LogP contribution in [0.2, 0.25) is 0 Å². The topological polar surface area (TPSA) is 111 Å². The number of esters is 1. The smallest absolute Gasteiger partial charge is 0.338 e. The highest BCUT2D eigenvalue weighted by atomic mass is 16.8. The number of benzene rings is 4. The van der Waals surface area contributed by atoms with Crippen LogP contribution in [-0.2, 0) is 51.2 Å². The van der Waals surface area contributed by atoms with Crippen LogP contribution in [0.5, 0.6) is 0 Å². The maximum absolute atomic E-state index is 14.1. The van der Waals surface area contributed by atoms with Crippen LogP contribution in [-0.4, -0.2) is 67.9 Å². The number of allylic oxidation sites excluding steroid dienone is 1. The molecule has 4 aromatic rings. The van der Waals surface area contributed by atoms with Crippen LogP contribution < -0.4 is 5.32 Å². The Bertz CT molecular complexity index is 2160. The molecule has 1 amide bonds. The summed E-state index contributed by atoms with van der Waals surface area (Å²) in [6.45, 7) is 5.26. The zero-order valence-corrected chi connectivity index (χ0v) is 47.7. The fourth-order valence-corrected chi connectivity index (χ4v) is 10.5. The fraction of sp³-hybridized carbons (Fsp3) is 0.588. The minimum atomic E-state index is -0.984. The zero-order valence-electron chi connectivity index (χ0n) is 47.7. The lowest BCUT2D eigenvalue weighted by atomic mass is 9.97. The van der Waals surface area contributed by atoms with Gasteiger partial charge in [0, 0.05) is 12.0 Å². The van der Waals surface area contributed by atoms with Crippen LogP contribution >= 0.6 is 0 Å². The number of fused-ring (bicyclic) bond motifs is 1. The van der Waals surface area contributed by atoms with E-state index in [0.29, 0.717) is 18.6 Å². The highest BCUT2D eigenvalue weighted by Crippen LogP contribution is 2.38. The second-order valence-corrected chi connectivity index (χ2v) is 21.7. The van der Waals surface area contributed by atoms with Crippen LogP contribution in [0, 0.1) is 0 Å². The van der Waals surface area contributed by atoms with E-state index in [1.54, 1.807) is 12.1 Å². The second-order valence-electron chi connectivity index (χ2n) is 21.7. The summed E-state index contributed by atoms with van der Waals surface area (Å²) in [4.78, 5) is 28.1. The van der Waals surface area contributed by atoms with Gasteiger partial charge >= 0.3 is 5.97 Å². The molecule has 0 bridgehead atoms. The minimum Gasteiger partial charge on any atom is -0.452 e. The van der Waals surface area contributed by atoms with Crippen molar-refractivity contribution in [2.75, 3.05) is 13.2 Å². The quantitative estimate of drug-likeness (QED) is 0.0264. The van der Waals surface area contributed by atoms with Gasteiger partial charge in [0.15, 0.2) is 12.6 Å². The lowest BCUT2D eigenvalue weighted by molar-refractivity contribution is -0.373. The molecule has 428 valence electrons. The number of nitrogens with one attached hydrogen (secondary N) is 1. The van der Waals surface area contributed by atoms with Crippen molar-refractivity contribution in [2.24, 2.45) is 0 Å². The first-order valence-electron chi connectivity index (χ1n) is 30.6. The second kappa shape index (κ2) is 38.8. The molecule has 2 saturated heterocycles. The van der Waals surface area contributed by atoms with E-state index in [1.807, 2.05) is 115 Å². The van der Waals surface area contributed by atoms with E-state index in [2.05, 4.69) is 25.2 Å². The summed E-state index contributed by atoms with van der Waals surface area (Å²) in [5.74, 6) is -0.590. The molecule has 1 N–H and O–H groups in total. The molecule has 8 atom stereocenters. The van der Waals surface area contributed by atoms with Gasteiger partial charge in [0.2, 0.25) is 5.91 Å². The third-order valence-corrected chi connectivity index (χ3v) is 15.2. The van der Waals surface area contributed by atoms with Gasteiger partial charge in [0.05, 0.1) is 38.0 Å². The maximum Gasteiger partial charge on any atom is 0.338 e. The Hall–Kier alpha value is -4.68. The molecule has 0 radical (unpaired) electrons. The molecule has 10 nitrogen and oxygen atoms in total. The number of carbonyl (C=O) groups is 2. The summed E-state index contributed by atoms with van der Waals surface area (Å²) in [5.41, 5.74) is 3.30. The van der Waals surface area contributed by atoms with E-state index in [1.165, 1.54) is 122 Å². The van der Waals surface area contributed by atoms with Crippen LogP contribution in [0.3, 0.4) is 0 Å². The van der Waals surface area contributed by atoms with Crippen molar-refractivity contribution >= 4 is 11.9 Å². The average Bonchev–Trinajstić information content (AvgIpc) is 3.53. The molecule has 0 spiro atoms. The summed E-state index contributed by atoms with van der Waals surface area (Å²) in [6, 6.07) is 38.2. The molecule has 6 rings (SSSR count). The van der Waals surface area contributed by atoms with Gasteiger partial charge in [-0.15, -0.1) is 0 Å². The number of hydrogen-bond donors (Lipinski definition) is 1. The summed E-state index contributed by atoms with van der Waals surface area (Å²) in [7, 11) is 0. The first-order chi connectivity index (χ1) is 38.5. The largest absolute Gasteiger partial charge is 0.452 e. The van der Waals surface area contributed by atoms with Gasteiger partial charge in [-0.1, -0.05) is 270 Å². The van der Waals surface area contributed by atoms with E-state index in [0.717, 1.165) is 55.2 Å². The SMILES string of the molecule is CCCCCCCCCCCCCC=C[C@@H](OC(=O)c1ccccc1)[C@H](CO[C@@H]1O[C@@H]2COC(c3ccccc3)O[C@@H]2[C@H](OCc2ccccc2)[C@H]1OCc1ccccc1)NC(=O)CCCCCCCCCCCCCCC. The zero-order chi connectivity index (χ0) is 54.5. The standard InChI is InChI=1S/C68H97NO9/c1-3-5-7-9-11-13-15-17-19-21-23-25-39-49-60(76-66(71)57-45-35-29-36-46-57)59(69-62(70)50-40-26-24-22-20-18-16-14-12-10-8-6-4-2)53-74-68-65(73-52-56-43-33-28-34-44-56)64(72-51-55-41-31-27-32-42-55)63-61(77-68)54-75-67(78-63)58-47-37-30-38-48-58/h27-39,41-49,59-61,63-65,67-68H,3-26,40,50-54H2,1-2H3,(H,69,70)/t59-,60+,61+,63-,64-,65+,67?,68+/m0/s1. The van der Waals surface area contributed by atoms with Crippen molar-refractivity contribution in [2.45, 2.75) is 243 Å². The van der Waals surface area contributed by atoms with E-state index in [-0.39, 0.29) is 25.7 Å². The number of hydrogen-bond acceptors (Lipinski definition) is 9. The Morgan fingerprint density at radius 3 is 1.56 bits per heavy atom. The fourth-order valence-electron chi connectivity index (χ4n) is 10.5. The predicted molar refractivity (Wildman–Crippen MR) is 313 cm³/mol. The van der Waals surface area contributed by atoms with Gasteiger partial charge in [0.25, 0.3) is 0 Å². The van der Waals surface area contributed by atoms with Crippen molar-refractivity contribution in [3.05, 3.63) is 156 Å². The van der Waals surface area contributed by atoms with Crippen LogP contribution in [0.4, 0.5) is 0 Å². The molecule has 1 unspecified atom stereocenters. The van der Waals surface area contributed by atoms with E-state index >= 15 is 0 Å². The normalized spacial score (nSPS) is 20.0. The molecule has 0 aromatic heterocycles. The predicted octanol–water partition coefficient (Wildman–Crippen LogP) is 16.5. The number of ether oxygens (including phenoxy) is 7. The lowest BCUT2D eigenvalue weighted by Gasteiger charge is -2.49. The van der Waals surface area contributed by atoms with Crippen LogP contribution in [0.25, 0.3) is 0 Å². The molecule has 4 aromatic carbocycles. The molecule has 0 aliphatic carbocycles. The lowest BCUT2D eigenvalue weighted by Crippen LogP contribution is -2.64. The Kier molecular flexibility index (Phi) is 31.1. The van der Waals surface area contributed by atoms with Crippen molar-refractivity contribution < 1.29 is 42.7 Å². The minimum absolute atomic E-state index is 0.0487. The van der Waals surface area contributed by atoms with Crippen molar-refractivity contribution in [3.8, 4) is 0 Å². The number of rotatable bonds is 41. The van der Waals surface area contributed by atoms with E-state index in [9.17, 15) is 9.59 Å². The van der Waals surface area contributed by atoms with Crippen molar-refractivity contribution in [1.82, 2.24) is 5.32 Å². The highest BCUT2D eigenvalue weighted by molar-refractivity contribution is 5.89. The van der Waals surface area contributed by atoms with Gasteiger partial charge in [-0.05, 0) is 48.6 Å². The van der Waals surface area contributed by atoms with Gasteiger partial charge in [-0.25, -0.2) is 4.79 Å². The third kappa shape index (κ3) is 24.0. The molecule has 0 saturated carbocycles. The summed E-state index contributed by atoms with van der Waals surface area (Å²) in [6.07, 6.45) is 30.0. The summed E-state index contributed by atoms with van der Waals surface area (Å²) >= 11 is 0. The van der Waals surface area contributed by atoms with E-state index < -0.39 is 55.1 Å². The molecule has 2 aliphatic rings. The first-order valence-corrected chi connectivity index (χ1v) is 30.6.